The summed E-state index contributed by atoms with van der Waals surface area (Å²) in [5, 5.41) is 0. The minimum atomic E-state index is -1.69. The molecule has 8 rings (SSSR count). The highest BCUT2D eigenvalue weighted by molar-refractivity contribution is 8.34. The van der Waals surface area contributed by atoms with Gasteiger partial charge in [-0.15, -0.1) is 10.0 Å². The summed E-state index contributed by atoms with van der Waals surface area (Å²) in [6.07, 6.45) is 0. The van der Waals surface area contributed by atoms with Crippen LogP contribution in [0.5, 0.6) is 0 Å². The molecule has 0 bridgehead atoms. The molecule has 4 heteroatoms. The number of fused-ring (bicyclic) bond motifs is 3. The first-order valence-corrected chi connectivity index (χ1v) is 16.0. The van der Waals surface area contributed by atoms with E-state index in [0.717, 1.165) is 16.7 Å². The molecule has 204 valence electrons. The standard InChI is InChI=1S/C39H27N3S/c1-5-15-28(16-6-1)37-40-38(29-17-7-2-8-18-29)42-39(41-37)30-25-26-36-34(27-30)33-23-13-14-24-35(33)43(36,31-19-9-3-10-20-31)32-21-11-4-12-22-32/h1-27H. The van der Waals surface area contributed by atoms with Crippen molar-refractivity contribution in [2.24, 2.45) is 0 Å². The average molecular weight is 570 g/mol. The summed E-state index contributed by atoms with van der Waals surface area (Å²) in [6, 6.07) is 57.9. The number of aromatic nitrogens is 3. The van der Waals surface area contributed by atoms with E-state index in [1.54, 1.807) is 0 Å². The predicted octanol–water partition coefficient (Wildman–Crippen LogP) is 10.2. The Bertz CT molecular complexity index is 1960. The molecule has 43 heavy (non-hydrogen) atoms. The van der Waals surface area contributed by atoms with Gasteiger partial charge < -0.3 is 0 Å². The van der Waals surface area contributed by atoms with Gasteiger partial charge in [-0.25, -0.2) is 15.0 Å². The number of benzene rings is 6. The maximum Gasteiger partial charge on any atom is 0.164 e. The fourth-order valence-electron chi connectivity index (χ4n) is 6.05. The van der Waals surface area contributed by atoms with Gasteiger partial charge >= 0.3 is 0 Å². The molecular weight excluding hydrogens is 543 g/mol. The summed E-state index contributed by atoms with van der Waals surface area (Å²) >= 11 is 0. The van der Waals surface area contributed by atoms with Crippen molar-refractivity contribution in [1.29, 1.82) is 0 Å². The van der Waals surface area contributed by atoms with E-state index in [9.17, 15) is 0 Å². The Labute approximate surface area is 252 Å². The molecule has 1 aromatic heterocycles. The van der Waals surface area contributed by atoms with Crippen LogP contribution in [-0.4, -0.2) is 15.0 Å². The van der Waals surface area contributed by atoms with Crippen molar-refractivity contribution in [2.75, 3.05) is 0 Å². The molecule has 0 fully saturated rings. The maximum absolute atomic E-state index is 5.02. The van der Waals surface area contributed by atoms with Gasteiger partial charge in [0.05, 0.1) is 0 Å². The van der Waals surface area contributed by atoms with Crippen LogP contribution in [-0.2, 0) is 0 Å². The number of rotatable bonds is 5. The smallest absolute Gasteiger partial charge is 0.164 e. The van der Waals surface area contributed by atoms with E-state index in [-0.39, 0.29) is 0 Å². The molecule has 1 aliphatic heterocycles. The molecule has 0 saturated heterocycles. The Morgan fingerprint density at radius 1 is 0.326 bits per heavy atom. The van der Waals surface area contributed by atoms with Crippen LogP contribution < -0.4 is 0 Å². The van der Waals surface area contributed by atoms with Crippen LogP contribution in [0.15, 0.2) is 183 Å². The fraction of sp³-hybridized carbons (Fsp3) is 0. The van der Waals surface area contributed by atoms with E-state index >= 15 is 0 Å². The second-order valence-electron chi connectivity index (χ2n) is 10.5. The highest BCUT2D eigenvalue weighted by Gasteiger charge is 2.41. The third-order valence-electron chi connectivity index (χ3n) is 7.97. The number of hydrogen-bond donors (Lipinski definition) is 0. The highest BCUT2D eigenvalue weighted by atomic mass is 32.3. The van der Waals surface area contributed by atoms with Crippen LogP contribution in [0.1, 0.15) is 0 Å². The van der Waals surface area contributed by atoms with Crippen LogP contribution in [0, 0.1) is 0 Å². The van der Waals surface area contributed by atoms with Gasteiger partial charge in [0.1, 0.15) is 0 Å². The van der Waals surface area contributed by atoms with Gasteiger partial charge in [0.25, 0.3) is 0 Å². The molecule has 0 spiro atoms. The second kappa shape index (κ2) is 10.5. The van der Waals surface area contributed by atoms with Crippen LogP contribution in [0.4, 0.5) is 0 Å². The van der Waals surface area contributed by atoms with E-state index in [1.165, 1.54) is 30.7 Å². The van der Waals surface area contributed by atoms with Gasteiger partial charge in [-0.3, -0.25) is 0 Å². The molecule has 1 aliphatic rings. The maximum atomic E-state index is 5.02. The molecule has 0 N–H and O–H groups in total. The summed E-state index contributed by atoms with van der Waals surface area (Å²) in [4.78, 5) is 20.3. The molecule has 0 amide bonds. The van der Waals surface area contributed by atoms with Crippen LogP contribution in [0.3, 0.4) is 0 Å². The lowest BCUT2D eigenvalue weighted by molar-refractivity contribution is 1.07. The molecule has 7 aromatic rings. The van der Waals surface area contributed by atoms with Crippen LogP contribution >= 0.6 is 10.0 Å². The van der Waals surface area contributed by atoms with E-state index in [2.05, 4.69) is 103 Å². The third-order valence-corrected chi connectivity index (χ3v) is 12.0. The summed E-state index contributed by atoms with van der Waals surface area (Å²) in [6.45, 7) is 0. The third kappa shape index (κ3) is 4.18. The first-order chi connectivity index (χ1) is 21.3. The summed E-state index contributed by atoms with van der Waals surface area (Å²) < 4.78 is 0. The van der Waals surface area contributed by atoms with E-state index in [1.807, 2.05) is 60.7 Å². The number of nitrogens with zero attached hydrogens (tertiary/aromatic N) is 3. The van der Waals surface area contributed by atoms with Gasteiger partial charge in [-0.2, -0.15) is 0 Å². The van der Waals surface area contributed by atoms with Gasteiger partial charge in [0.15, 0.2) is 17.5 Å². The molecule has 6 aromatic carbocycles. The van der Waals surface area contributed by atoms with Crippen molar-refractivity contribution in [3.63, 3.8) is 0 Å². The van der Waals surface area contributed by atoms with Crippen molar-refractivity contribution >= 4 is 10.0 Å². The van der Waals surface area contributed by atoms with E-state index in [0.29, 0.717) is 17.5 Å². The topological polar surface area (TPSA) is 38.7 Å². The zero-order valence-corrected chi connectivity index (χ0v) is 24.2. The molecule has 0 aliphatic carbocycles. The largest absolute Gasteiger partial charge is 0.208 e. The first kappa shape index (κ1) is 25.4. The van der Waals surface area contributed by atoms with Crippen molar-refractivity contribution < 1.29 is 0 Å². The zero-order valence-electron chi connectivity index (χ0n) is 23.3. The molecule has 3 nitrogen and oxygen atoms in total. The summed E-state index contributed by atoms with van der Waals surface area (Å²) in [5.41, 5.74) is 5.40. The summed E-state index contributed by atoms with van der Waals surface area (Å²) in [5.74, 6) is 2.00. The second-order valence-corrected chi connectivity index (χ2v) is 13.5. The monoisotopic (exact) mass is 569 g/mol. The van der Waals surface area contributed by atoms with E-state index < -0.39 is 10.0 Å². The van der Waals surface area contributed by atoms with Crippen molar-refractivity contribution in [3.05, 3.63) is 164 Å². The molecule has 2 heterocycles. The Balaban J connectivity index is 1.38. The van der Waals surface area contributed by atoms with Crippen molar-refractivity contribution in [3.8, 4) is 45.3 Å². The van der Waals surface area contributed by atoms with Gasteiger partial charge in [0, 0.05) is 36.3 Å². The SMILES string of the molecule is c1ccc(-c2nc(-c3ccccc3)nc(-c3ccc4c(c3)-c3ccccc3S4(c3ccccc3)c3ccccc3)n2)cc1. The quantitative estimate of drug-likeness (QED) is 0.207. The fourth-order valence-corrected chi connectivity index (χ4v) is 10.3. The Morgan fingerprint density at radius 2 is 0.744 bits per heavy atom. The summed E-state index contributed by atoms with van der Waals surface area (Å²) in [7, 11) is -1.69. The van der Waals surface area contributed by atoms with Crippen LogP contribution in [0.25, 0.3) is 45.3 Å². The lowest BCUT2D eigenvalue weighted by Crippen LogP contribution is -2.02. The van der Waals surface area contributed by atoms with Gasteiger partial charge in [0.2, 0.25) is 0 Å². The Morgan fingerprint density at radius 3 is 1.28 bits per heavy atom. The lowest BCUT2D eigenvalue weighted by atomic mass is 10.0. The van der Waals surface area contributed by atoms with Crippen molar-refractivity contribution in [2.45, 2.75) is 19.6 Å². The van der Waals surface area contributed by atoms with Gasteiger partial charge in [-0.1, -0.05) is 121 Å². The average Bonchev–Trinajstić information content (AvgIpc) is 3.40. The number of hydrogen-bond acceptors (Lipinski definition) is 3. The normalized spacial score (nSPS) is 13.6. The highest BCUT2D eigenvalue weighted by Crippen LogP contribution is 2.79. The molecular formula is C39H27N3S. The van der Waals surface area contributed by atoms with Gasteiger partial charge in [-0.05, 0) is 53.6 Å². The Kier molecular flexibility index (Phi) is 6.20. The molecule has 0 unspecified atom stereocenters. The Hall–Kier alpha value is -5.32. The van der Waals surface area contributed by atoms with Crippen LogP contribution in [0.2, 0.25) is 0 Å². The first-order valence-electron chi connectivity index (χ1n) is 14.4. The van der Waals surface area contributed by atoms with E-state index in [4.69, 9.17) is 15.0 Å². The van der Waals surface area contributed by atoms with Crippen molar-refractivity contribution in [1.82, 2.24) is 15.0 Å². The minimum Gasteiger partial charge on any atom is -0.208 e. The lowest BCUT2D eigenvalue weighted by Gasteiger charge is -2.39. The predicted molar refractivity (Wildman–Crippen MR) is 175 cm³/mol. The zero-order chi connectivity index (χ0) is 28.6. The molecule has 0 saturated carbocycles. The minimum absolute atomic E-state index is 0.666. The molecule has 0 radical (unpaired) electrons. The molecule has 0 atom stereocenters.